The number of thiocarbonyl (C=S) groups is 4. The fraction of sp³-hybridized carbons (Fsp3) is 0.500. The van der Waals surface area contributed by atoms with Crippen LogP contribution in [0.2, 0.25) is 0 Å². The summed E-state index contributed by atoms with van der Waals surface area (Å²) in [5.74, 6) is 0. The molecule has 0 saturated heterocycles. The second-order valence-electron chi connectivity index (χ2n) is 2.30. The van der Waals surface area contributed by atoms with Gasteiger partial charge >= 0.3 is 0 Å². The lowest BCUT2D eigenvalue weighted by Gasteiger charge is -2.03. The highest BCUT2D eigenvalue weighted by atomic mass is 33.1. The van der Waals surface area contributed by atoms with Crippen LogP contribution in [0.25, 0.3) is 0 Å². The summed E-state index contributed by atoms with van der Waals surface area (Å²) in [6, 6.07) is 0. The van der Waals surface area contributed by atoms with E-state index in [1.54, 1.807) is 0 Å². The predicted octanol–water partition coefficient (Wildman–Crippen LogP) is 4.58. The molecular weight excluding hydrogens is 288 g/mol. The van der Waals surface area contributed by atoms with Crippen LogP contribution in [0.15, 0.2) is 0 Å². The molecule has 0 atom stereocenters. The first-order valence-electron chi connectivity index (χ1n) is 4.01. The first-order valence-corrected chi connectivity index (χ1v) is 7.80. The quantitative estimate of drug-likeness (QED) is 0.546. The van der Waals surface area contributed by atoms with Crippen LogP contribution in [0.1, 0.15) is 26.7 Å². The lowest BCUT2D eigenvalue weighted by molar-refractivity contribution is 1.34. The zero-order valence-electron chi connectivity index (χ0n) is 7.86. The Labute approximate surface area is 114 Å². The maximum absolute atomic E-state index is 5.12. The second kappa shape index (κ2) is 8.24. The highest BCUT2D eigenvalue weighted by Crippen LogP contribution is 2.27. The average molecular weight is 299 g/mol. The smallest absolute Gasteiger partial charge is 0.0828 e. The van der Waals surface area contributed by atoms with Gasteiger partial charge < -0.3 is 0 Å². The van der Waals surface area contributed by atoms with Gasteiger partial charge in [0.05, 0.1) is 8.39 Å². The van der Waals surface area contributed by atoms with E-state index in [2.05, 4.69) is 0 Å². The van der Waals surface area contributed by atoms with Crippen LogP contribution < -0.4 is 0 Å². The Kier molecular flexibility index (Phi) is 8.86. The SMILES string of the molecule is CCC(=S)C(=S)SSC(=S)C(=S)CC. The second-order valence-corrected chi connectivity index (χ2v) is 6.76. The molecule has 0 saturated carbocycles. The molecule has 0 heterocycles. The molecule has 0 N–H and O–H groups in total. The molecule has 0 aliphatic heterocycles. The van der Waals surface area contributed by atoms with Crippen molar-refractivity contribution >= 4 is 88.6 Å². The van der Waals surface area contributed by atoms with E-state index in [0.717, 1.165) is 31.0 Å². The van der Waals surface area contributed by atoms with Crippen molar-refractivity contribution in [2.45, 2.75) is 26.7 Å². The average Bonchev–Trinajstić information content (AvgIpc) is 2.22. The summed E-state index contributed by atoms with van der Waals surface area (Å²) in [5.41, 5.74) is 0. The summed E-state index contributed by atoms with van der Waals surface area (Å²) in [6.07, 6.45) is 1.62. The van der Waals surface area contributed by atoms with E-state index < -0.39 is 0 Å². The number of hydrogen-bond acceptors (Lipinski definition) is 6. The van der Waals surface area contributed by atoms with E-state index >= 15 is 0 Å². The third-order valence-corrected chi connectivity index (χ3v) is 6.55. The third kappa shape index (κ3) is 5.82. The summed E-state index contributed by atoms with van der Waals surface area (Å²) in [6.45, 7) is 3.99. The molecule has 14 heavy (non-hydrogen) atoms. The molecule has 0 aromatic carbocycles. The fourth-order valence-electron chi connectivity index (χ4n) is 0.457. The van der Waals surface area contributed by atoms with Crippen molar-refractivity contribution in [3.8, 4) is 0 Å². The van der Waals surface area contributed by atoms with Crippen LogP contribution in [0.4, 0.5) is 0 Å². The van der Waals surface area contributed by atoms with Crippen LogP contribution in [0.5, 0.6) is 0 Å². The Morgan fingerprint density at radius 3 is 1.29 bits per heavy atom. The minimum absolute atomic E-state index is 0.744. The van der Waals surface area contributed by atoms with E-state index in [4.69, 9.17) is 48.9 Å². The number of rotatable bonds is 4. The van der Waals surface area contributed by atoms with Crippen molar-refractivity contribution in [3.63, 3.8) is 0 Å². The summed E-state index contributed by atoms with van der Waals surface area (Å²) < 4.78 is 1.49. The molecule has 0 unspecified atom stereocenters. The van der Waals surface area contributed by atoms with Crippen LogP contribution in [0.3, 0.4) is 0 Å². The molecule has 0 aliphatic rings. The molecule has 78 valence electrons. The van der Waals surface area contributed by atoms with Gasteiger partial charge in [-0.2, -0.15) is 0 Å². The fourth-order valence-corrected chi connectivity index (χ4v) is 3.61. The van der Waals surface area contributed by atoms with E-state index in [1.807, 2.05) is 13.8 Å². The Balaban J connectivity index is 3.95. The van der Waals surface area contributed by atoms with Gasteiger partial charge in [-0.05, 0) is 34.4 Å². The van der Waals surface area contributed by atoms with Crippen molar-refractivity contribution in [2.75, 3.05) is 0 Å². The van der Waals surface area contributed by atoms with Crippen LogP contribution in [-0.2, 0) is 0 Å². The van der Waals surface area contributed by atoms with Gasteiger partial charge in [0.25, 0.3) is 0 Å². The number of hydrogen-bond donors (Lipinski definition) is 0. The largest absolute Gasteiger partial charge is 0.0955 e. The van der Waals surface area contributed by atoms with Crippen molar-refractivity contribution < 1.29 is 0 Å². The van der Waals surface area contributed by atoms with Crippen molar-refractivity contribution in [1.82, 2.24) is 0 Å². The van der Waals surface area contributed by atoms with Crippen molar-refractivity contribution in [3.05, 3.63) is 0 Å². The predicted molar refractivity (Wildman–Crippen MR) is 86.2 cm³/mol. The van der Waals surface area contributed by atoms with Gasteiger partial charge in [-0.3, -0.25) is 0 Å². The Morgan fingerprint density at radius 2 is 1.07 bits per heavy atom. The zero-order chi connectivity index (χ0) is 11.1. The lowest BCUT2D eigenvalue weighted by atomic mass is 10.4. The highest BCUT2D eigenvalue weighted by Gasteiger charge is 2.08. The molecule has 0 radical (unpaired) electrons. The van der Waals surface area contributed by atoms with E-state index in [1.165, 1.54) is 21.6 Å². The highest BCUT2D eigenvalue weighted by molar-refractivity contribution is 8.90. The van der Waals surface area contributed by atoms with Gasteiger partial charge in [-0.25, -0.2) is 0 Å². The molecule has 0 aromatic heterocycles. The lowest BCUT2D eigenvalue weighted by Crippen LogP contribution is -2.05. The molecular formula is C8H10S6. The minimum atomic E-state index is 0.744. The molecule has 6 heteroatoms. The molecule has 0 amide bonds. The normalized spacial score (nSPS) is 9.57. The first-order chi connectivity index (χ1) is 6.52. The summed E-state index contributed by atoms with van der Waals surface area (Å²) in [7, 11) is 2.88. The topological polar surface area (TPSA) is 0 Å². The minimum Gasteiger partial charge on any atom is -0.0828 e. The molecule has 0 bridgehead atoms. The molecule has 0 fully saturated rings. The summed E-state index contributed by atoms with van der Waals surface area (Å²) in [5, 5.41) is 0. The van der Waals surface area contributed by atoms with Crippen molar-refractivity contribution in [1.29, 1.82) is 0 Å². The standard InChI is InChI=1S/C8H10S6/c1-3-5(9)7(11)13-14-8(12)6(10)4-2/h3-4H2,1-2H3. The van der Waals surface area contributed by atoms with Gasteiger partial charge in [0.15, 0.2) is 0 Å². The molecule has 0 rings (SSSR count). The maximum atomic E-state index is 5.12. The van der Waals surface area contributed by atoms with Crippen LogP contribution >= 0.6 is 70.5 Å². The van der Waals surface area contributed by atoms with E-state index in [9.17, 15) is 0 Å². The zero-order valence-corrected chi connectivity index (χ0v) is 12.8. The summed E-state index contributed by atoms with van der Waals surface area (Å²) >= 11 is 20.4. The maximum Gasteiger partial charge on any atom is 0.0955 e. The van der Waals surface area contributed by atoms with Gasteiger partial charge in [-0.1, -0.05) is 62.7 Å². The van der Waals surface area contributed by atoms with Crippen LogP contribution in [-0.4, -0.2) is 18.1 Å². The third-order valence-electron chi connectivity index (χ3n) is 1.29. The molecule has 0 aliphatic carbocycles. The Hall–Kier alpha value is 1.06. The molecule has 0 nitrogen and oxygen atoms in total. The van der Waals surface area contributed by atoms with Crippen LogP contribution in [0, 0.1) is 0 Å². The van der Waals surface area contributed by atoms with Gasteiger partial charge in [0.1, 0.15) is 0 Å². The molecule has 0 aromatic rings. The summed E-state index contributed by atoms with van der Waals surface area (Å²) in [4.78, 5) is 1.64. The monoisotopic (exact) mass is 298 g/mol. The van der Waals surface area contributed by atoms with E-state index in [-0.39, 0.29) is 0 Å². The van der Waals surface area contributed by atoms with Gasteiger partial charge in [-0.15, -0.1) is 0 Å². The Morgan fingerprint density at radius 1 is 0.786 bits per heavy atom. The van der Waals surface area contributed by atoms with Gasteiger partial charge in [0.2, 0.25) is 0 Å². The Bertz CT molecular complexity index is 239. The van der Waals surface area contributed by atoms with E-state index in [0.29, 0.717) is 0 Å². The molecule has 0 spiro atoms. The van der Waals surface area contributed by atoms with Crippen molar-refractivity contribution in [2.24, 2.45) is 0 Å². The first kappa shape index (κ1) is 15.1. The van der Waals surface area contributed by atoms with Gasteiger partial charge in [0, 0.05) is 9.73 Å².